The summed E-state index contributed by atoms with van der Waals surface area (Å²) in [6, 6.07) is 13.7. The minimum Gasteiger partial charge on any atom is -0.368 e. The van der Waals surface area contributed by atoms with Crippen LogP contribution >= 0.6 is 0 Å². The summed E-state index contributed by atoms with van der Waals surface area (Å²) in [5.74, 6) is -1.55. The third kappa shape index (κ3) is 5.44. The van der Waals surface area contributed by atoms with Gasteiger partial charge in [-0.05, 0) is 42.7 Å². The summed E-state index contributed by atoms with van der Waals surface area (Å²) in [5.41, 5.74) is 6.70. The van der Waals surface area contributed by atoms with Crippen LogP contribution in [0.25, 0.3) is 0 Å². The first-order valence-electron chi connectivity index (χ1n) is 11.9. The summed E-state index contributed by atoms with van der Waals surface area (Å²) >= 11 is 0. The zero-order valence-electron chi connectivity index (χ0n) is 19.2. The molecule has 0 unspecified atom stereocenters. The standard InChI is InChI=1S/C26H31FN4O3/c27-20-12-10-18(11-13-20)23(24(28)32)29-25(33)21-8-4-5-9-22(21)30-14-16-31(17-15-30)26(34)19-6-2-1-3-7-19/h1-3,6-7,10-13,21-23H,4-5,8-9,14-17H2,(H2,28,32)(H,29,33)/t21-,22-,23+/m1/s1. The van der Waals surface area contributed by atoms with Crippen LogP contribution in [0, 0.1) is 11.7 Å². The lowest BCUT2D eigenvalue weighted by molar-refractivity contribution is -0.133. The molecule has 2 aromatic carbocycles. The lowest BCUT2D eigenvalue weighted by atomic mass is 9.82. The molecule has 0 bridgehead atoms. The first kappa shape index (κ1) is 23.9. The van der Waals surface area contributed by atoms with Gasteiger partial charge >= 0.3 is 0 Å². The third-order valence-corrected chi connectivity index (χ3v) is 6.93. The molecule has 4 rings (SSSR count). The Kier molecular flexibility index (Phi) is 7.57. The number of amides is 3. The molecule has 34 heavy (non-hydrogen) atoms. The van der Waals surface area contributed by atoms with Crippen LogP contribution in [-0.2, 0) is 9.59 Å². The molecular formula is C26H31FN4O3. The van der Waals surface area contributed by atoms with Crippen molar-refractivity contribution in [3.05, 3.63) is 71.5 Å². The highest BCUT2D eigenvalue weighted by Crippen LogP contribution is 2.30. The van der Waals surface area contributed by atoms with E-state index in [1.54, 1.807) is 0 Å². The molecule has 2 fully saturated rings. The van der Waals surface area contributed by atoms with Crippen molar-refractivity contribution >= 4 is 17.7 Å². The van der Waals surface area contributed by atoms with Crippen LogP contribution in [-0.4, -0.2) is 59.7 Å². The second-order valence-corrected chi connectivity index (χ2v) is 9.05. The first-order valence-corrected chi connectivity index (χ1v) is 11.9. The Morgan fingerprint density at radius 2 is 1.56 bits per heavy atom. The first-order chi connectivity index (χ1) is 16.4. The van der Waals surface area contributed by atoms with Crippen LogP contribution in [0.3, 0.4) is 0 Å². The number of carbonyl (C=O) groups excluding carboxylic acids is 3. The van der Waals surface area contributed by atoms with Crippen LogP contribution in [0.1, 0.15) is 47.6 Å². The van der Waals surface area contributed by atoms with Crippen LogP contribution in [0.5, 0.6) is 0 Å². The largest absolute Gasteiger partial charge is 0.368 e. The van der Waals surface area contributed by atoms with Gasteiger partial charge in [0.2, 0.25) is 11.8 Å². The van der Waals surface area contributed by atoms with Crippen molar-refractivity contribution in [2.75, 3.05) is 26.2 Å². The molecule has 1 aliphatic carbocycles. The number of hydrogen-bond acceptors (Lipinski definition) is 4. The number of nitrogens with zero attached hydrogens (tertiary/aromatic N) is 2. The Bertz CT molecular complexity index is 1010. The smallest absolute Gasteiger partial charge is 0.253 e. The number of nitrogens with one attached hydrogen (secondary N) is 1. The summed E-state index contributed by atoms with van der Waals surface area (Å²) < 4.78 is 13.3. The summed E-state index contributed by atoms with van der Waals surface area (Å²) in [5, 5.41) is 2.81. The van der Waals surface area contributed by atoms with E-state index in [1.165, 1.54) is 24.3 Å². The number of rotatable bonds is 6. The van der Waals surface area contributed by atoms with Crippen molar-refractivity contribution in [1.29, 1.82) is 0 Å². The molecular weight excluding hydrogens is 435 g/mol. The molecule has 1 saturated carbocycles. The highest BCUT2D eigenvalue weighted by Gasteiger charge is 2.38. The minimum absolute atomic E-state index is 0.0294. The van der Waals surface area contributed by atoms with Crippen LogP contribution in [0.4, 0.5) is 4.39 Å². The summed E-state index contributed by atoms with van der Waals surface area (Å²) in [4.78, 5) is 42.3. The Balaban J connectivity index is 1.40. The summed E-state index contributed by atoms with van der Waals surface area (Å²) in [7, 11) is 0. The van der Waals surface area contributed by atoms with Crippen molar-refractivity contribution in [2.24, 2.45) is 11.7 Å². The third-order valence-electron chi connectivity index (χ3n) is 6.93. The average molecular weight is 467 g/mol. The molecule has 2 aliphatic rings. The maximum atomic E-state index is 13.3. The van der Waals surface area contributed by atoms with E-state index in [1.807, 2.05) is 35.2 Å². The number of halogens is 1. The van der Waals surface area contributed by atoms with Gasteiger partial charge in [-0.15, -0.1) is 0 Å². The van der Waals surface area contributed by atoms with Gasteiger partial charge in [0.25, 0.3) is 5.91 Å². The van der Waals surface area contributed by atoms with Gasteiger partial charge < -0.3 is 16.0 Å². The van der Waals surface area contributed by atoms with Gasteiger partial charge in [-0.1, -0.05) is 43.2 Å². The summed E-state index contributed by atoms with van der Waals surface area (Å²) in [6.45, 7) is 2.62. The van der Waals surface area contributed by atoms with Crippen molar-refractivity contribution < 1.29 is 18.8 Å². The maximum absolute atomic E-state index is 13.3. The van der Waals surface area contributed by atoms with Crippen molar-refractivity contribution in [1.82, 2.24) is 15.1 Å². The van der Waals surface area contributed by atoms with Gasteiger partial charge in [-0.2, -0.15) is 0 Å². The predicted octanol–water partition coefficient (Wildman–Crippen LogP) is 2.49. The molecule has 180 valence electrons. The molecule has 7 nitrogen and oxygen atoms in total. The Hall–Kier alpha value is -3.26. The molecule has 0 spiro atoms. The van der Waals surface area contributed by atoms with E-state index in [0.29, 0.717) is 37.3 Å². The van der Waals surface area contributed by atoms with Crippen molar-refractivity contribution in [3.63, 3.8) is 0 Å². The van der Waals surface area contributed by atoms with E-state index in [-0.39, 0.29) is 23.8 Å². The van der Waals surface area contributed by atoms with Gasteiger partial charge in [0.05, 0.1) is 5.92 Å². The fourth-order valence-electron chi connectivity index (χ4n) is 5.10. The highest BCUT2D eigenvalue weighted by molar-refractivity contribution is 5.94. The second kappa shape index (κ2) is 10.8. The van der Waals surface area contributed by atoms with Gasteiger partial charge in [0, 0.05) is 37.8 Å². The molecule has 2 aromatic rings. The SMILES string of the molecule is NC(=O)[C@@H](NC(=O)[C@@H]1CCCC[C@H]1N1CCN(C(=O)c2ccccc2)CC1)c1ccc(F)cc1. The molecule has 1 saturated heterocycles. The zero-order chi connectivity index (χ0) is 24.1. The predicted molar refractivity (Wildman–Crippen MR) is 126 cm³/mol. The van der Waals surface area contributed by atoms with Gasteiger partial charge in [0.15, 0.2) is 0 Å². The molecule has 0 aromatic heterocycles. The van der Waals surface area contributed by atoms with E-state index in [0.717, 1.165) is 25.7 Å². The Morgan fingerprint density at radius 3 is 2.21 bits per heavy atom. The van der Waals surface area contributed by atoms with E-state index >= 15 is 0 Å². The monoisotopic (exact) mass is 466 g/mol. The van der Waals surface area contributed by atoms with Gasteiger partial charge in [0.1, 0.15) is 11.9 Å². The molecule has 1 heterocycles. The van der Waals surface area contributed by atoms with Crippen LogP contribution < -0.4 is 11.1 Å². The number of hydrogen-bond donors (Lipinski definition) is 2. The molecule has 3 N–H and O–H groups in total. The number of benzene rings is 2. The molecule has 8 heteroatoms. The van der Waals surface area contributed by atoms with Gasteiger partial charge in [-0.3, -0.25) is 19.3 Å². The normalized spacial score (nSPS) is 22.1. The Morgan fingerprint density at radius 1 is 0.912 bits per heavy atom. The maximum Gasteiger partial charge on any atom is 0.253 e. The fourth-order valence-corrected chi connectivity index (χ4v) is 5.10. The van der Waals surface area contributed by atoms with E-state index in [4.69, 9.17) is 5.73 Å². The molecule has 1 aliphatic heterocycles. The number of carbonyl (C=O) groups is 3. The fraction of sp³-hybridized carbons (Fsp3) is 0.423. The number of primary amides is 1. The lowest BCUT2D eigenvalue weighted by Gasteiger charge is -2.44. The van der Waals surface area contributed by atoms with Crippen molar-refractivity contribution in [3.8, 4) is 0 Å². The molecule has 0 radical (unpaired) electrons. The number of nitrogens with two attached hydrogens (primary N) is 1. The van der Waals surface area contributed by atoms with Crippen molar-refractivity contribution in [2.45, 2.75) is 37.8 Å². The zero-order valence-corrected chi connectivity index (χ0v) is 19.2. The Labute approximate surface area is 199 Å². The minimum atomic E-state index is -1.00. The van der Waals surface area contributed by atoms with Crippen LogP contribution in [0.2, 0.25) is 0 Å². The van der Waals surface area contributed by atoms with Gasteiger partial charge in [-0.25, -0.2) is 4.39 Å². The number of piperazine rings is 1. The molecule has 3 amide bonds. The van der Waals surface area contributed by atoms with E-state index in [2.05, 4.69) is 10.2 Å². The molecule has 3 atom stereocenters. The second-order valence-electron chi connectivity index (χ2n) is 9.05. The van der Waals surface area contributed by atoms with Crippen LogP contribution in [0.15, 0.2) is 54.6 Å². The van der Waals surface area contributed by atoms with E-state index in [9.17, 15) is 18.8 Å². The topological polar surface area (TPSA) is 95.7 Å². The summed E-state index contributed by atoms with van der Waals surface area (Å²) in [6.07, 6.45) is 3.60. The van der Waals surface area contributed by atoms with E-state index < -0.39 is 17.8 Å². The average Bonchev–Trinajstić information content (AvgIpc) is 2.88. The highest BCUT2D eigenvalue weighted by atomic mass is 19.1. The lowest BCUT2D eigenvalue weighted by Crippen LogP contribution is -2.56. The quantitative estimate of drug-likeness (QED) is 0.684.